The molecule has 0 spiro atoms. The maximum atomic E-state index is 11.1. The van der Waals surface area contributed by atoms with Crippen molar-refractivity contribution in [1.82, 2.24) is 19.9 Å². The highest BCUT2D eigenvalue weighted by atomic mass is 32.1. The van der Waals surface area contributed by atoms with Gasteiger partial charge in [-0.05, 0) is 25.0 Å². The number of nitrogens with zero attached hydrogens (tertiary/aromatic N) is 4. The molecule has 1 aliphatic heterocycles. The molecule has 0 atom stereocenters. The van der Waals surface area contributed by atoms with Gasteiger partial charge in [0.1, 0.15) is 11.8 Å². The van der Waals surface area contributed by atoms with Crippen molar-refractivity contribution in [2.45, 2.75) is 43.7 Å². The average Bonchev–Trinajstić information content (AvgIpc) is 3.15. The second-order valence-corrected chi connectivity index (χ2v) is 8.86. The first-order valence-corrected chi connectivity index (χ1v) is 11.0. The van der Waals surface area contributed by atoms with Crippen molar-refractivity contribution in [3.8, 4) is 5.88 Å². The molecule has 1 saturated carbocycles. The molecule has 2 fully saturated rings. The van der Waals surface area contributed by atoms with Crippen LogP contribution < -0.4 is 10.1 Å². The first-order valence-electron chi connectivity index (χ1n) is 10.2. The van der Waals surface area contributed by atoms with E-state index in [1.807, 2.05) is 18.2 Å². The van der Waals surface area contributed by atoms with Crippen molar-refractivity contribution in [2.75, 3.05) is 18.4 Å². The largest absolute Gasteiger partial charge is 0.473 e. The summed E-state index contributed by atoms with van der Waals surface area (Å²) in [6.45, 7) is 1.04. The molecule has 1 amide bonds. The molecule has 30 heavy (non-hydrogen) atoms. The number of benzene rings is 1. The molecule has 2 aromatic heterocycles. The van der Waals surface area contributed by atoms with Crippen LogP contribution in [0.2, 0.25) is 0 Å². The number of fused-ring (bicyclic) bond motifs is 1. The molecular weight excluding hydrogens is 402 g/mol. The molecule has 2 aliphatic rings. The number of rotatable bonds is 5. The van der Waals surface area contributed by atoms with Gasteiger partial charge in [-0.3, -0.25) is 4.98 Å². The topological polar surface area (TPSA) is 100 Å². The number of nitrogens with one attached hydrogen (secondary N) is 1. The molecule has 9 heteroatoms. The molecule has 1 saturated heterocycles. The van der Waals surface area contributed by atoms with Crippen LogP contribution in [0.5, 0.6) is 5.88 Å². The fraction of sp³-hybridized carbons (Fsp3) is 0.429. The number of thiazole rings is 1. The van der Waals surface area contributed by atoms with Crippen LogP contribution in [0.3, 0.4) is 0 Å². The fourth-order valence-electron chi connectivity index (χ4n) is 4.10. The lowest BCUT2D eigenvalue weighted by molar-refractivity contribution is 0.0986. The predicted octanol–water partition coefficient (Wildman–Crippen LogP) is 3.97. The number of likely N-dealkylation sites (tertiary alicyclic amines) is 1. The molecule has 5 rings (SSSR count). The normalized spacial score (nSPS) is 21.9. The zero-order valence-corrected chi connectivity index (χ0v) is 17.2. The fourth-order valence-corrected chi connectivity index (χ4v) is 5.04. The zero-order chi connectivity index (χ0) is 20.5. The van der Waals surface area contributed by atoms with E-state index in [4.69, 9.17) is 9.84 Å². The predicted molar refractivity (Wildman–Crippen MR) is 114 cm³/mol. The lowest BCUT2D eigenvalue weighted by Gasteiger charge is -2.36. The van der Waals surface area contributed by atoms with Crippen LogP contribution in [0.15, 0.2) is 36.7 Å². The number of carboxylic acid groups (broad SMARTS) is 1. The lowest BCUT2D eigenvalue weighted by atomic mass is 9.89. The van der Waals surface area contributed by atoms with Crippen LogP contribution in [-0.4, -0.2) is 56.3 Å². The van der Waals surface area contributed by atoms with Crippen molar-refractivity contribution in [3.05, 3.63) is 42.4 Å². The Morgan fingerprint density at radius 1 is 1.17 bits per heavy atom. The molecule has 1 aliphatic carbocycles. The smallest absolute Gasteiger partial charge is 0.407 e. The van der Waals surface area contributed by atoms with Crippen molar-refractivity contribution in [2.24, 2.45) is 0 Å². The minimum atomic E-state index is -0.856. The van der Waals surface area contributed by atoms with Gasteiger partial charge < -0.3 is 20.1 Å². The number of piperidine rings is 1. The molecule has 0 bridgehead atoms. The minimum Gasteiger partial charge on any atom is -0.473 e. The Balaban J connectivity index is 1.17. The summed E-state index contributed by atoms with van der Waals surface area (Å²) < 4.78 is 7.36. The van der Waals surface area contributed by atoms with E-state index in [0.717, 1.165) is 42.0 Å². The van der Waals surface area contributed by atoms with E-state index < -0.39 is 6.09 Å². The Labute approximate surface area is 177 Å². The monoisotopic (exact) mass is 425 g/mol. The average molecular weight is 426 g/mol. The Hall–Kier alpha value is -2.94. The number of anilines is 1. The number of para-hydroxylation sites is 1. The highest BCUT2D eigenvalue weighted by molar-refractivity contribution is 7.22. The molecule has 3 aromatic rings. The molecule has 156 valence electrons. The van der Waals surface area contributed by atoms with E-state index in [0.29, 0.717) is 25.0 Å². The van der Waals surface area contributed by atoms with Crippen LogP contribution in [0.4, 0.5) is 9.93 Å². The summed E-state index contributed by atoms with van der Waals surface area (Å²) in [5, 5.41) is 13.6. The van der Waals surface area contributed by atoms with E-state index in [9.17, 15) is 4.79 Å². The van der Waals surface area contributed by atoms with Crippen LogP contribution in [-0.2, 0) is 0 Å². The lowest BCUT2D eigenvalue weighted by Crippen LogP contribution is -2.43. The number of aromatic nitrogens is 3. The Kier molecular flexibility index (Phi) is 5.12. The van der Waals surface area contributed by atoms with Gasteiger partial charge in [-0.2, -0.15) is 0 Å². The third-order valence-electron chi connectivity index (χ3n) is 5.84. The van der Waals surface area contributed by atoms with Gasteiger partial charge >= 0.3 is 6.09 Å². The number of amides is 1. The van der Waals surface area contributed by atoms with Crippen molar-refractivity contribution in [1.29, 1.82) is 0 Å². The quantitative estimate of drug-likeness (QED) is 0.638. The summed E-state index contributed by atoms with van der Waals surface area (Å²) >= 11 is 1.67. The van der Waals surface area contributed by atoms with Crippen LogP contribution in [0, 0.1) is 0 Å². The second-order valence-electron chi connectivity index (χ2n) is 7.83. The van der Waals surface area contributed by atoms with E-state index in [1.54, 1.807) is 23.7 Å². The van der Waals surface area contributed by atoms with Crippen LogP contribution in [0.1, 0.15) is 37.3 Å². The first kappa shape index (κ1) is 19.0. The number of ether oxygens (including phenoxy) is 1. The van der Waals surface area contributed by atoms with Gasteiger partial charge in [-0.1, -0.05) is 23.5 Å². The Bertz CT molecular complexity index is 1010. The highest BCUT2D eigenvalue weighted by Gasteiger charge is 2.34. The Morgan fingerprint density at radius 3 is 2.70 bits per heavy atom. The minimum absolute atomic E-state index is 0.103. The summed E-state index contributed by atoms with van der Waals surface area (Å²) in [7, 11) is 0. The van der Waals surface area contributed by atoms with Crippen LogP contribution in [0.25, 0.3) is 10.2 Å². The Morgan fingerprint density at radius 2 is 1.93 bits per heavy atom. The van der Waals surface area contributed by atoms with Gasteiger partial charge in [0.2, 0.25) is 5.88 Å². The summed E-state index contributed by atoms with van der Waals surface area (Å²) in [6, 6.07) is 8.49. The van der Waals surface area contributed by atoms with Gasteiger partial charge in [0.15, 0.2) is 5.13 Å². The molecular formula is C21H23N5O3S. The standard InChI is InChI=1S/C21H23N5O3S/c27-21(28)26-9-5-13(6-10-26)18-19(23-8-7-22-18)29-15-11-14(12-15)24-20-25-16-3-1-2-4-17(16)30-20/h1-4,7-8,13-15H,5-6,9-12H2,(H,24,25)(H,27,28). The van der Waals surface area contributed by atoms with Gasteiger partial charge in [-0.15, -0.1) is 0 Å². The van der Waals surface area contributed by atoms with Gasteiger partial charge in [0.25, 0.3) is 0 Å². The van der Waals surface area contributed by atoms with Crippen molar-refractivity contribution >= 4 is 32.8 Å². The molecule has 3 heterocycles. The van der Waals surface area contributed by atoms with Crippen LogP contribution >= 0.6 is 11.3 Å². The SMILES string of the molecule is O=C(O)N1CCC(c2nccnc2OC2CC(Nc3nc4ccccc4s3)C2)CC1. The summed E-state index contributed by atoms with van der Waals surface area (Å²) in [5.74, 6) is 0.774. The van der Waals surface area contributed by atoms with Crippen molar-refractivity contribution < 1.29 is 14.6 Å². The van der Waals surface area contributed by atoms with Gasteiger partial charge in [0, 0.05) is 50.3 Å². The third-order valence-corrected chi connectivity index (χ3v) is 6.81. The molecule has 0 unspecified atom stereocenters. The maximum absolute atomic E-state index is 11.1. The first-order chi connectivity index (χ1) is 14.7. The third kappa shape index (κ3) is 3.89. The van der Waals surface area contributed by atoms with Gasteiger partial charge in [0.05, 0.1) is 10.2 Å². The molecule has 8 nitrogen and oxygen atoms in total. The highest BCUT2D eigenvalue weighted by Crippen LogP contribution is 2.35. The van der Waals surface area contributed by atoms with E-state index in [1.165, 1.54) is 9.60 Å². The van der Waals surface area contributed by atoms with E-state index in [-0.39, 0.29) is 12.0 Å². The molecule has 0 radical (unpaired) electrons. The number of hydrogen-bond acceptors (Lipinski definition) is 7. The summed E-state index contributed by atoms with van der Waals surface area (Å²) in [6.07, 6.45) is 5.86. The van der Waals surface area contributed by atoms with E-state index >= 15 is 0 Å². The summed E-state index contributed by atoms with van der Waals surface area (Å²) in [4.78, 5) is 26.2. The molecule has 2 N–H and O–H groups in total. The zero-order valence-electron chi connectivity index (χ0n) is 16.4. The second kappa shape index (κ2) is 8.06. The van der Waals surface area contributed by atoms with Gasteiger partial charge in [-0.25, -0.2) is 14.8 Å². The maximum Gasteiger partial charge on any atom is 0.407 e. The van der Waals surface area contributed by atoms with Crippen molar-refractivity contribution in [3.63, 3.8) is 0 Å². The van der Waals surface area contributed by atoms with E-state index in [2.05, 4.69) is 26.3 Å². The number of hydrogen-bond donors (Lipinski definition) is 2. The molecule has 1 aromatic carbocycles. The number of carbonyl (C=O) groups is 1. The summed E-state index contributed by atoms with van der Waals surface area (Å²) in [5.41, 5.74) is 1.88.